The Morgan fingerprint density at radius 2 is 2.19 bits per heavy atom. The van der Waals surface area contributed by atoms with Crippen LogP contribution in [0, 0.1) is 5.92 Å². The fraction of sp³-hybridized carbons (Fsp3) is 0.438. The lowest BCUT2D eigenvalue weighted by Crippen LogP contribution is -2.39. The van der Waals surface area contributed by atoms with Crippen LogP contribution in [0.5, 0.6) is 0 Å². The van der Waals surface area contributed by atoms with Crippen molar-refractivity contribution in [3.05, 3.63) is 38.9 Å². The number of carbonyl (C=O) groups is 1. The smallest absolute Gasteiger partial charge is 0.345 e. The Kier molecular flexibility index (Phi) is 5.62. The second-order valence-corrected chi connectivity index (χ2v) is 7.08. The fourth-order valence-electron chi connectivity index (χ4n) is 3.13. The highest BCUT2D eigenvalue weighted by Crippen LogP contribution is 2.25. The number of nitrogen functional groups attached to an aromatic ring is 1. The molecule has 0 amide bonds. The highest BCUT2D eigenvalue weighted by Gasteiger charge is 2.23. The molecular formula is C16H20BrN7O2. The molecule has 3 heterocycles. The normalized spacial score (nSPS) is 17.3. The molecule has 1 atom stereocenters. The number of aromatic amines is 1. The van der Waals surface area contributed by atoms with E-state index < -0.39 is 5.69 Å². The quantitative estimate of drug-likeness (QED) is 0.591. The number of H-pyrrole nitrogens is 1. The minimum Gasteiger partial charge on any atom is -0.382 e. The zero-order valence-corrected chi connectivity index (χ0v) is 15.7. The number of anilines is 2. The summed E-state index contributed by atoms with van der Waals surface area (Å²) >= 11 is 3.18. The number of halogens is 1. The molecule has 26 heavy (non-hydrogen) atoms. The van der Waals surface area contributed by atoms with Crippen LogP contribution in [-0.4, -0.2) is 45.4 Å². The molecule has 3 rings (SSSR count). The fourth-order valence-corrected chi connectivity index (χ4v) is 3.41. The van der Waals surface area contributed by atoms with Gasteiger partial charge in [0.2, 0.25) is 0 Å². The molecule has 5 N–H and O–H groups in total. The Morgan fingerprint density at radius 3 is 2.96 bits per heavy atom. The van der Waals surface area contributed by atoms with Gasteiger partial charge in [-0.05, 0) is 41.2 Å². The van der Waals surface area contributed by atoms with Gasteiger partial charge >= 0.3 is 5.69 Å². The van der Waals surface area contributed by atoms with Gasteiger partial charge in [0.25, 0.3) is 0 Å². The van der Waals surface area contributed by atoms with Gasteiger partial charge in [0, 0.05) is 13.1 Å². The van der Waals surface area contributed by atoms with Gasteiger partial charge in [0.05, 0.1) is 30.2 Å². The highest BCUT2D eigenvalue weighted by molar-refractivity contribution is 9.10. The van der Waals surface area contributed by atoms with E-state index in [1.165, 1.54) is 12.4 Å². The van der Waals surface area contributed by atoms with Crippen molar-refractivity contribution in [3.63, 3.8) is 0 Å². The molecule has 10 heteroatoms. The molecule has 0 saturated carbocycles. The van der Waals surface area contributed by atoms with Gasteiger partial charge in [-0.15, -0.1) is 0 Å². The number of carbonyl (C=O) groups excluding carboxylic acids is 1. The molecule has 0 bridgehead atoms. The molecule has 1 aliphatic rings. The number of piperidine rings is 1. The van der Waals surface area contributed by atoms with E-state index in [0.29, 0.717) is 22.8 Å². The van der Waals surface area contributed by atoms with Gasteiger partial charge in [-0.1, -0.05) is 0 Å². The molecule has 0 spiro atoms. The monoisotopic (exact) mass is 421 g/mol. The Bertz CT molecular complexity index is 870. The maximum Gasteiger partial charge on any atom is 0.345 e. The summed E-state index contributed by atoms with van der Waals surface area (Å²) in [6, 6.07) is 0. The van der Waals surface area contributed by atoms with E-state index in [9.17, 15) is 9.59 Å². The number of aromatic nitrogens is 4. The third kappa shape index (κ3) is 4.07. The summed E-state index contributed by atoms with van der Waals surface area (Å²) in [5.41, 5.74) is 12.4. The summed E-state index contributed by atoms with van der Waals surface area (Å²) in [4.78, 5) is 41.0. The van der Waals surface area contributed by atoms with E-state index in [2.05, 4.69) is 40.8 Å². The number of ketones is 1. The number of nitrogens with zero attached hydrogens (tertiary/aromatic N) is 4. The van der Waals surface area contributed by atoms with Crippen molar-refractivity contribution in [3.8, 4) is 0 Å². The third-order valence-corrected chi connectivity index (χ3v) is 4.82. The van der Waals surface area contributed by atoms with Crippen LogP contribution < -0.4 is 22.1 Å². The van der Waals surface area contributed by atoms with E-state index in [-0.39, 0.29) is 23.7 Å². The summed E-state index contributed by atoms with van der Waals surface area (Å²) in [7, 11) is 0. The second-order valence-electron chi connectivity index (χ2n) is 6.27. The van der Waals surface area contributed by atoms with Crippen molar-refractivity contribution in [2.45, 2.75) is 19.3 Å². The van der Waals surface area contributed by atoms with Crippen LogP contribution >= 0.6 is 15.9 Å². The Morgan fingerprint density at radius 1 is 1.38 bits per heavy atom. The topological polar surface area (TPSA) is 144 Å². The Hall–Kier alpha value is -2.33. The standard InChI is InChI=1S/C16H20BrN7O2/c17-13-7-20-15(19)14(23-13)12(25)4-10-11(6-21-16(26)22-10)24-3-1-2-9(5-18)8-24/h6-7,9H,1-5,8,18H2,(H2,19,20)(H,21,22,26). The van der Waals surface area contributed by atoms with E-state index >= 15 is 0 Å². The SMILES string of the molecule is NCC1CCCN(c2cnc(=O)[nH]c2CC(=O)c2nc(Br)cnc2N)C1. The number of rotatable bonds is 5. The summed E-state index contributed by atoms with van der Waals surface area (Å²) in [5, 5.41) is 0. The van der Waals surface area contributed by atoms with Crippen molar-refractivity contribution in [1.29, 1.82) is 0 Å². The molecule has 1 fully saturated rings. The van der Waals surface area contributed by atoms with E-state index in [1.807, 2.05) is 0 Å². The van der Waals surface area contributed by atoms with Gasteiger partial charge in [0.15, 0.2) is 11.6 Å². The second kappa shape index (κ2) is 7.92. The lowest BCUT2D eigenvalue weighted by atomic mass is 9.97. The maximum atomic E-state index is 12.7. The predicted octanol–water partition coefficient (Wildman–Crippen LogP) is 0.505. The van der Waals surface area contributed by atoms with Gasteiger partial charge in [-0.2, -0.15) is 4.98 Å². The van der Waals surface area contributed by atoms with Crippen molar-refractivity contribution in [2.24, 2.45) is 11.7 Å². The van der Waals surface area contributed by atoms with Gasteiger partial charge in [0.1, 0.15) is 10.3 Å². The van der Waals surface area contributed by atoms with Crippen LogP contribution in [0.15, 0.2) is 21.8 Å². The zero-order valence-electron chi connectivity index (χ0n) is 14.1. The average Bonchev–Trinajstić information content (AvgIpc) is 2.64. The minimum absolute atomic E-state index is 0.0494. The molecule has 1 unspecified atom stereocenters. The number of Topliss-reactive ketones (excluding diaryl/α,β-unsaturated/α-hetero) is 1. The van der Waals surface area contributed by atoms with Crippen LogP contribution in [0.25, 0.3) is 0 Å². The van der Waals surface area contributed by atoms with Gasteiger partial charge < -0.3 is 21.4 Å². The molecule has 1 aliphatic heterocycles. The largest absolute Gasteiger partial charge is 0.382 e. The average molecular weight is 422 g/mol. The summed E-state index contributed by atoms with van der Waals surface area (Å²) < 4.78 is 0.417. The zero-order chi connectivity index (χ0) is 18.7. The predicted molar refractivity (Wildman–Crippen MR) is 101 cm³/mol. The number of hydrogen-bond donors (Lipinski definition) is 3. The molecule has 0 aromatic carbocycles. The lowest BCUT2D eigenvalue weighted by Gasteiger charge is -2.34. The van der Waals surface area contributed by atoms with Crippen molar-refractivity contribution < 1.29 is 4.79 Å². The van der Waals surface area contributed by atoms with E-state index in [0.717, 1.165) is 31.6 Å². The lowest BCUT2D eigenvalue weighted by molar-refractivity contribution is 0.0987. The van der Waals surface area contributed by atoms with Crippen LogP contribution in [0.4, 0.5) is 11.5 Å². The van der Waals surface area contributed by atoms with Crippen LogP contribution in [0.3, 0.4) is 0 Å². The molecule has 2 aromatic heterocycles. The molecule has 138 valence electrons. The first-order chi connectivity index (χ1) is 12.5. The first-order valence-corrected chi connectivity index (χ1v) is 9.11. The van der Waals surface area contributed by atoms with Gasteiger partial charge in [-0.25, -0.2) is 14.8 Å². The summed E-state index contributed by atoms with van der Waals surface area (Å²) in [5.74, 6) is 0.106. The molecule has 9 nitrogen and oxygen atoms in total. The van der Waals surface area contributed by atoms with Crippen molar-refractivity contribution >= 4 is 33.2 Å². The molecular weight excluding hydrogens is 402 g/mol. The van der Waals surface area contributed by atoms with Crippen molar-refractivity contribution in [1.82, 2.24) is 19.9 Å². The summed E-state index contributed by atoms with van der Waals surface area (Å²) in [6.07, 6.45) is 4.95. The van der Waals surface area contributed by atoms with Crippen LogP contribution in [-0.2, 0) is 6.42 Å². The van der Waals surface area contributed by atoms with Crippen LogP contribution in [0.1, 0.15) is 29.0 Å². The highest BCUT2D eigenvalue weighted by atomic mass is 79.9. The maximum absolute atomic E-state index is 12.7. The van der Waals surface area contributed by atoms with Gasteiger partial charge in [-0.3, -0.25) is 4.79 Å². The molecule has 0 radical (unpaired) electrons. The Labute approximate surface area is 158 Å². The van der Waals surface area contributed by atoms with E-state index in [4.69, 9.17) is 11.5 Å². The minimum atomic E-state index is -0.503. The third-order valence-electron chi connectivity index (χ3n) is 4.44. The van der Waals surface area contributed by atoms with Crippen molar-refractivity contribution in [2.75, 3.05) is 30.3 Å². The first kappa shape index (κ1) is 18.5. The first-order valence-electron chi connectivity index (χ1n) is 8.32. The molecule has 1 saturated heterocycles. The molecule has 2 aromatic rings. The Balaban J connectivity index is 1.90. The summed E-state index contributed by atoms with van der Waals surface area (Å²) in [6.45, 7) is 2.19. The van der Waals surface area contributed by atoms with Crippen LogP contribution in [0.2, 0.25) is 0 Å². The number of nitrogens with two attached hydrogens (primary N) is 2. The molecule has 0 aliphatic carbocycles. The van der Waals surface area contributed by atoms with E-state index in [1.54, 1.807) is 0 Å². The number of nitrogens with one attached hydrogen (secondary N) is 1. The number of hydrogen-bond acceptors (Lipinski definition) is 8.